The number of nitrogens with zero attached hydrogens (tertiary/aromatic N) is 4. The van der Waals surface area contributed by atoms with E-state index in [1.807, 2.05) is 18.2 Å². The monoisotopic (exact) mass is 517 g/mol. The molecule has 0 saturated carbocycles. The van der Waals surface area contributed by atoms with Gasteiger partial charge in [-0.1, -0.05) is 18.2 Å². The Balaban J connectivity index is 1.46. The van der Waals surface area contributed by atoms with Crippen LogP contribution in [0.2, 0.25) is 0 Å². The number of ether oxygens (including phenoxy) is 1. The van der Waals surface area contributed by atoms with Crippen LogP contribution in [0.4, 0.5) is 10.1 Å². The molecule has 1 atom stereocenters. The van der Waals surface area contributed by atoms with E-state index < -0.39 is 20.5 Å². The number of likely N-dealkylation sites (N-methyl/N-ethyl adjacent to an activating group) is 1. The van der Waals surface area contributed by atoms with Crippen molar-refractivity contribution in [1.29, 1.82) is 5.26 Å². The van der Waals surface area contributed by atoms with Crippen LogP contribution in [0, 0.1) is 17.1 Å². The summed E-state index contributed by atoms with van der Waals surface area (Å²) >= 11 is 0. The lowest BCUT2D eigenvalue weighted by Crippen LogP contribution is -2.56. The van der Waals surface area contributed by atoms with E-state index in [-0.39, 0.29) is 11.1 Å². The van der Waals surface area contributed by atoms with Gasteiger partial charge in [0.1, 0.15) is 28.8 Å². The van der Waals surface area contributed by atoms with Crippen LogP contribution in [-0.4, -0.2) is 69.1 Å². The van der Waals surface area contributed by atoms with Gasteiger partial charge in [-0.3, -0.25) is 5.10 Å². The van der Waals surface area contributed by atoms with E-state index in [4.69, 9.17) is 4.74 Å². The average molecular weight is 518 g/mol. The Hall–Kier alpha value is -3.94. The second-order valence-corrected chi connectivity index (χ2v) is 11.6. The summed E-state index contributed by atoms with van der Waals surface area (Å²) in [5.41, 5.74) is 3.68. The van der Waals surface area contributed by atoms with Crippen LogP contribution in [0.25, 0.3) is 33.3 Å². The lowest BCUT2D eigenvalue weighted by Gasteiger charge is -2.44. The molecule has 2 aliphatic rings. The summed E-state index contributed by atoms with van der Waals surface area (Å²) in [5.74, 6) is -0.0926. The van der Waals surface area contributed by atoms with Crippen molar-refractivity contribution in [1.82, 2.24) is 15.1 Å². The van der Waals surface area contributed by atoms with Gasteiger partial charge in [0, 0.05) is 48.0 Å². The molecule has 2 aliphatic heterocycles. The Morgan fingerprint density at radius 1 is 1.16 bits per heavy atom. The highest BCUT2D eigenvalue weighted by atomic mass is 32.2. The predicted molar refractivity (Wildman–Crippen MR) is 139 cm³/mol. The molecule has 0 bridgehead atoms. The highest BCUT2D eigenvalue weighted by Crippen LogP contribution is 2.40. The van der Waals surface area contributed by atoms with Gasteiger partial charge < -0.3 is 14.5 Å². The minimum atomic E-state index is -3.78. The SMILES string of the molecule is CN1CCN2c3ccc(-c4n[nH]c5cc(C#N)c(-c6cccc(S(C)(=O)=O)c6F)cc45)cc3OCC2C1. The van der Waals surface area contributed by atoms with E-state index in [1.165, 1.54) is 18.2 Å². The van der Waals surface area contributed by atoms with Gasteiger partial charge in [0.15, 0.2) is 9.84 Å². The molecule has 0 radical (unpaired) electrons. The maximum Gasteiger partial charge on any atom is 0.178 e. The molecular formula is C27H24FN5O3S. The van der Waals surface area contributed by atoms with Crippen LogP contribution >= 0.6 is 0 Å². The fourth-order valence-electron chi connectivity index (χ4n) is 5.28. The van der Waals surface area contributed by atoms with E-state index >= 15 is 4.39 Å². The van der Waals surface area contributed by atoms with Crippen molar-refractivity contribution >= 4 is 26.4 Å². The van der Waals surface area contributed by atoms with Crippen molar-refractivity contribution < 1.29 is 17.5 Å². The van der Waals surface area contributed by atoms with E-state index in [2.05, 4.69) is 33.1 Å². The van der Waals surface area contributed by atoms with Crippen LogP contribution in [0.3, 0.4) is 0 Å². The number of fused-ring (bicyclic) bond motifs is 4. The molecule has 1 fully saturated rings. The number of nitrogens with one attached hydrogen (secondary N) is 1. The number of H-pyrrole nitrogens is 1. The first-order valence-electron chi connectivity index (χ1n) is 11.9. The molecule has 0 spiro atoms. The molecule has 0 aliphatic carbocycles. The van der Waals surface area contributed by atoms with Gasteiger partial charge in [0.25, 0.3) is 0 Å². The highest BCUT2D eigenvalue weighted by Gasteiger charge is 2.32. The number of sulfone groups is 1. The van der Waals surface area contributed by atoms with Crippen molar-refractivity contribution in [3.05, 3.63) is 59.9 Å². The molecule has 0 amide bonds. The minimum absolute atomic E-state index is 0.0448. The summed E-state index contributed by atoms with van der Waals surface area (Å²) in [6.45, 7) is 3.48. The fraction of sp³-hybridized carbons (Fsp3) is 0.259. The largest absolute Gasteiger partial charge is 0.489 e. The van der Waals surface area contributed by atoms with Crippen molar-refractivity contribution in [2.75, 3.05) is 44.4 Å². The Kier molecular flexibility index (Phi) is 5.44. The molecule has 4 aromatic rings. The van der Waals surface area contributed by atoms with Gasteiger partial charge in [-0.15, -0.1) is 0 Å². The smallest absolute Gasteiger partial charge is 0.178 e. The number of halogens is 1. The van der Waals surface area contributed by atoms with Gasteiger partial charge in [0.05, 0.1) is 28.9 Å². The van der Waals surface area contributed by atoms with Crippen LogP contribution in [-0.2, 0) is 9.84 Å². The summed E-state index contributed by atoms with van der Waals surface area (Å²) < 4.78 is 45.6. The van der Waals surface area contributed by atoms with Gasteiger partial charge in [-0.05, 0) is 37.4 Å². The third kappa shape index (κ3) is 3.91. The van der Waals surface area contributed by atoms with Gasteiger partial charge >= 0.3 is 0 Å². The van der Waals surface area contributed by atoms with E-state index in [1.54, 1.807) is 12.1 Å². The molecule has 1 unspecified atom stereocenters. The lowest BCUT2D eigenvalue weighted by molar-refractivity contribution is 0.188. The average Bonchev–Trinajstić information content (AvgIpc) is 3.29. The normalized spacial score (nSPS) is 17.7. The number of nitriles is 1. The van der Waals surface area contributed by atoms with Gasteiger partial charge in [0.2, 0.25) is 0 Å². The molecule has 8 nitrogen and oxygen atoms in total. The van der Waals surface area contributed by atoms with Crippen molar-refractivity contribution in [3.63, 3.8) is 0 Å². The van der Waals surface area contributed by atoms with Crippen molar-refractivity contribution in [2.45, 2.75) is 10.9 Å². The topological polar surface area (TPSA) is 102 Å². The molecule has 3 heterocycles. The van der Waals surface area contributed by atoms with Crippen molar-refractivity contribution in [3.8, 4) is 34.2 Å². The number of hydrogen-bond donors (Lipinski definition) is 1. The van der Waals surface area contributed by atoms with E-state index in [0.29, 0.717) is 34.8 Å². The Morgan fingerprint density at radius 3 is 2.78 bits per heavy atom. The van der Waals surface area contributed by atoms with Crippen LogP contribution in [0.5, 0.6) is 5.75 Å². The molecule has 1 N–H and O–H groups in total. The number of aromatic nitrogens is 2. The quantitative estimate of drug-likeness (QED) is 0.441. The molecule has 188 valence electrons. The summed E-state index contributed by atoms with van der Waals surface area (Å²) in [6, 6.07) is 15.9. The maximum absolute atomic E-state index is 15.3. The second-order valence-electron chi connectivity index (χ2n) is 9.62. The first-order chi connectivity index (χ1) is 17.7. The maximum atomic E-state index is 15.3. The summed E-state index contributed by atoms with van der Waals surface area (Å²) in [7, 11) is -1.66. The lowest BCUT2D eigenvalue weighted by atomic mass is 9.96. The molecular weight excluding hydrogens is 493 g/mol. The number of benzene rings is 3. The Bertz CT molecular complexity index is 1710. The number of anilines is 1. The highest BCUT2D eigenvalue weighted by molar-refractivity contribution is 7.90. The third-order valence-corrected chi connectivity index (χ3v) is 8.25. The molecule has 1 saturated heterocycles. The minimum Gasteiger partial charge on any atom is -0.489 e. The molecule has 6 rings (SSSR count). The van der Waals surface area contributed by atoms with Crippen LogP contribution < -0.4 is 9.64 Å². The van der Waals surface area contributed by atoms with Crippen molar-refractivity contribution in [2.24, 2.45) is 0 Å². The second kappa shape index (κ2) is 8.57. The molecule has 10 heteroatoms. The number of piperazine rings is 1. The summed E-state index contributed by atoms with van der Waals surface area (Å²) in [6.07, 6.45) is 0.959. The number of aromatic amines is 1. The molecule has 3 aromatic carbocycles. The summed E-state index contributed by atoms with van der Waals surface area (Å²) in [5, 5.41) is 17.9. The number of hydrogen-bond acceptors (Lipinski definition) is 7. The number of rotatable bonds is 3. The first kappa shape index (κ1) is 23.5. The van der Waals surface area contributed by atoms with E-state index in [0.717, 1.165) is 42.9 Å². The summed E-state index contributed by atoms with van der Waals surface area (Å²) in [4.78, 5) is 4.29. The zero-order valence-corrected chi connectivity index (χ0v) is 21.1. The van der Waals surface area contributed by atoms with Crippen LogP contribution in [0.15, 0.2) is 53.4 Å². The Morgan fingerprint density at radius 2 is 2.00 bits per heavy atom. The third-order valence-electron chi connectivity index (χ3n) is 7.13. The van der Waals surface area contributed by atoms with E-state index in [9.17, 15) is 13.7 Å². The zero-order valence-electron chi connectivity index (χ0n) is 20.3. The standard InChI is InChI=1S/C27H24FN5O3S/c1-32-8-9-33-18(14-32)15-36-24-11-16(6-7-23(24)33)27-21-12-20(17(13-29)10-22(21)30-31-27)19-4-3-5-25(26(19)28)37(2,34)35/h3-7,10-12,18H,8-9,14-15H2,1-2H3,(H,30,31). The van der Waals surface area contributed by atoms with Gasteiger partial charge in [-0.2, -0.15) is 10.4 Å². The molecule has 37 heavy (non-hydrogen) atoms. The zero-order chi connectivity index (χ0) is 25.9. The predicted octanol–water partition coefficient (Wildman–Crippen LogP) is 3.82. The Labute approximate surface area is 213 Å². The van der Waals surface area contributed by atoms with Gasteiger partial charge in [-0.25, -0.2) is 12.8 Å². The first-order valence-corrected chi connectivity index (χ1v) is 13.8. The fourth-order valence-corrected chi connectivity index (χ4v) is 6.04. The molecule has 1 aromatic heterocycles. The van der Waals surface area contributed by atoms with Crippen LogP contribution in [0.1, 0.15) is 5.56 Å².